The number of piperidine rings is 1. The van der Waals surface area contributed by atoms with Gasteiger partial charge in [0, 0.05) is 74.6 Å². The van der Waals surface area contributed by atoms with Crippen LogP contribution in [-0.4, -0.2) is 64.4 Å². The van der Waals surface area contributed by atoms with Gasteiger partial charge in [-0.15, -0.1) is 0 Å². The van der Waals surface area contributed by atoms with E-state index in [1.54, 1.807) is 25.4 Å². The SMILES string of the molecule is COCCCn1c(C2CCCN(C(=O)C[C@@H](Cc3ccc(-c4cnc(N)c(C#N)c4)cc3)NC(=O)O)C2)c(C)c2cccc(F)c21. The number of para-hydroxylation sites is 1. The predicted molar refractivity (Wildman–Crippen MR) is 174 cm³/mol. The Labute approximate surface area is 267 Å². The van der Waals surface area contributed by atoms with Gasteiger partial charge in [-0.2, -0.15) is 5.26 Å². The summed E-state index contributed by atoms with van der Waals surface area (Å²) in [7, 11) is 1.65. The number of methoxy groups -OCH3 is 1. The molecule has 10 nitrogen and oxygen atoms in total. The first-order valence-corrected chi connectivity index (χ1v) is 15.5. The fourth-order valence-electron chi connectivity index (χ4n) is 6.64. The van der Waals surface area contributed by atoms with Crippen LogP contribution < -0.4 is 11.1 Å². The highest BCUT2D eigenvalue weighted by atomic mass is 19.1. The Morgan fingerprint density at radius 1 is 1.24 bits per heavy atom. The highest BCUT2D eigenvalue weighted by Crippen LogP contribution is 2.37. The number of nitrogens with two attached hydrogens (primary N) is 1. The average molecular weight is 627 g/mol. The molecule has 1 saturated heterocycles. The van der Waals surface area contributed by atoms with Gasteiger partial charge in [0.2, 0.25) is 5.91 Å². The Morgan fingerprint density at radius 2 is 2.02 bits per heavy atom. The van der Waals surface area contributed by atoms with Gasteiger partial charge in [-0.3, -0.25) is 4.79 Å². The molecule has 0 radical (unpaired) electrons. The van der Waals surface area contributed by atoms with Gasteiger partial charge in [0.05, 0.1) is 11.1 Å². The van der Waals surface area contributed by atoms with Crippen molar-refractivity contribution in [2.75, 3.05) is 32.5 Å². The van der Waals surface area contributed by atoms with Gasteiger partial charge < -0.3 is 30.4 Å². The van der Waals surface area contributed by atoms with Crippen molar-refractivity contribution in [2.24, 2.45) is 0 Å². The third kappa shape index (κ3) is 7.13. The maximum atomic E-state index is 15.1. The van der Waals surface area contributed by atoms with Gasteiger partial charge in [-0.1, -0.05) is 36.4 Å². The van der Waals surface area contributed by atoms with E-state index < -0.39 is 12.1 Å². The summed E-state index contributed by atoms with van der Waals surface area (Å²) in [5.74, 6) is -0.192. The summed E-state index contributed by atoms with van der Waals surface area (Å²) in [6, 6.07) is 15.7. The third-order valence-electron chi connectivity index (χ3n) is 8.78. The van der Waals surface area contributed by atoms with Gasteiger partial charge in [-0.05, 0) is 61.4 Å². The van der Waals surface area contributed by atoms with Crippen molar-refractivity contribution in [3.05, 3.63) is 82.9 Å². The molecule has 1 aliphatic rings. The van der Waals surface area contributed by atoms with Crippen LogP contribution in [-0.2, 0) is 22.5 Å². The minimum Gasteiger partial charge on any atom is -0.465 e. The number of aryl methyl sites for hydroxylation is 2. The molecule has 0 bridgehead atoms. The molecule has 1 unspecified atom stereocenters. The van der Waals surface area contributed by atoms with E-state index in [9.17, 15) is 20.0 Å². The minimum absolute atomic E-state index is 0.0125. The Bertz CT molecular complexity index is 1760. The number of hydrogen-bond acceptors (Lipinski definition) is 6. The molecule has 2 aromatic heterocycles. The molecule has 1 aliphatic heterocycles. The Balaban J connectivity index is 1.31. The molecule has 1 fully saturated rings. The van der Waals surface area contributed by atoms with E-state index in [2.05, 4.69) is 14.9 Å². The molecule has 2 aromatic carbocycles. The molecule has 11 heteroatoms. The number of nitrogens with zero attached hydrogens (tertiary/aromatic N) is 4. The maximum Gasteiger partial charge on any atom is 0.404 e. The molecule has 2 amide bonds. The zero-order valence-corrected chi connectivity index (χ0v) is 26.1. The first-order valence-electron chi connectivity index (χ1n) is 15.5. The molecule has 0 aliphatic carbocycles. The van der Waals surface area contributed by atoms with Crippen LogP contribution in [0.15, 0.2) is 54.7 Å². The number of benzene rings is 2. The number of carbonyl (C=O) groups is 2. The molecule has 0 saturated carbocycles. The molecular weight excluding hydrogens is 587 g/mol. The zero-order valence-electron chi connectivity index (χ0n) is 26.1. The van der Waals surface area contributed by atoms with Crippen LogP contribution in [0, 0.1) is 24.1 Å². The molecule has 2 atom stereocenters. The first-order chi connectivity index (χ1) is 22.2. The fourth-order valence-corrected chi connectivity index (χ4v) is 6.64. The van der Waals surface area contributed by atoms with E-state index in [4.69, 9.17) is 10.5 Å². The Kier molecular flexibility index (Phi) is 10.2. The number of carboxylic acid groups (broad SMARTS) is 1. The number of carbonyl (C=O) groups excluding carboxylic acids is 1. The van der Waals surface area contributed by atoms with Crippen LogP contribution in [0.25, 0.3) is 22.0 Å². The van der Waals surface area contributed by atoms with E-state index in [0.717, 1.165) is 52.6 Å². The molecule has 4 N–H and O–H groups in total. The van der Waals surface area contributed by atoms with E-state index in [0.29, 0.717) is 43.7 Å². The molecule has 3 heterocycles. The van der Waals surface area contributed by atoms with Crippen molar-refractivity contribution in [1.29, 1.82) is 5.26 Å². The topological polar surface area (TPSA) is 146 Å². The van der Waals surface area contributed by atoms with Crippen LogP contribution in [0.5, 0.6) is 0 Å². The average Bonchev–Trinajstić information content (AvgIpc) is 3.33. The summed E-state index contributed by atoms with van der Waals surface area (Å²) in [5, 5.41) is 22.2. The Hall–Kier alpha value is -4.95. The molecular formula is C35H39FN6O4. The Morgan fingerprint density at radius 3 is 2.74 bits per heavy atom. The van der Waals surface area contributed by atoms with E-state index in [1.165, 1.54) is 6.07 Å². The lowest BCUT2D eigenvalue weighted by atomic mass is 9.91. The van der Waals surface area contributed by atoms with Crippen LogP contribution in [0.4, 0.5) is 15.0 Å². The summed E-state index contributed by atoms with van der Waals surface area (Å²) in [5.41, 5.74) is 11.1. The number of aromatic nitrogens is 2. The van der Waals surface area contributed by atoms with Crippen molar-refractivity contribution < 1.29 is 23.8 Å². The third-order valence-corrected chi connectivity index (χ3v) is 8.78. The zero-order chi connectivity index (χ0) is 32.8. The minimum atomic E-state index is -1.19. The van der Waals surface area contributed by atoms with Crippen molar-refractivity contribution in [2.45, 2.75) is 57.5 Å². The normalized spacial score (nSPS) is 15.4. The standard InChI is InChI=1S/C35H39FN6O4/c1-22-29-7-3-8-30(36)33(29)42(14-5-15-46-2)32(22)25-6-4-13-41(21-25)31(43)18-28(40-35(44)45)16-23-9-11-24(12-10-23)27-17-26(19-37)34(38)39-20-27/h3,7-12,17,20,25,28,40H,4-6,13-16,18,21H2,1-2H3,(H2,38,39)(H,44,45)/t25?,28-/m1/s1. The summed E-state index contributed by atoms with van der Waals surface area (Å²) < 4.78 is 22.4. The van der Waals surface area contributed by atoms with Crippen LogP contribution in [0.2, 0.25) is 0 Å². The number of halogens is 1. The number of nitrogen functional groups attached to an aromatic ring is 1. The number of likely N-dealkylation sites (tertiary alicyclic amines) is 1. The lowest BCUT2D eigenvalue weighted by Crippen LogP contribution is -2.44. The van der Waals surface area contributed by atoms with Gasteiger partial charge in [0.15, 0.2) is 0 Å². The number of fused-ring (bicyclic) bond motifs is 1. The van der Waals surface area contributed by atoms with Crippen molar-refractivity contribution in [3.8, 4) is 17.2 Å². The fraction of sp³-hybridized carbons (Fsp3) is 0.371. The number of hydrogen-bond donors (Lipinski definition) is 3. The van der Waals surface area contributed by atoms with E-state index in [-0.39, 0.29) is 29.9 Å². The number of pyridine rings is 1. The van der Waals surface area contributed by atoms with Gasteiger partial charge in [0.1, 0.15) is 17.7 Å². The number of amides is 2. The number of anilines is 1. The monoisotopic (exact) mass is 626 g/mol. The second-order valence-corrected chi connectivity index (χ2v) is 11.8. The van der Waals surface area contributed by atoms with Crippen molar-refractivity contribution in [3.63, 3.8) is 0 Å². The first kappa shape index (κ1) is 32.4. The molecule has 5 rings (SSSR count). The lowest BCUT2D eigenvalue weighted by molar-refractivity contribution is -0.132. The van der Waals surface area contributed by atoms with Gasteiger partial charge >= 0.3 is 6.09 Å². The number of nitriles is 1. The van der Waals surface area contributed by atoms with Crippen molar-refractivity contribution in [1.82, 2.24) is 19.8 Å². The number of rotatable bonds is 11. The summed E-state index contributed by atoms with van der Waals surface area (Å²) in [6.07, 6.45) is 3.14. The maximum absolute atomic E-state index is 15.1. The van der Waals surface area contributed by atoms with E-state index >= 15 is 4.39 Å². The lowest BCUT2D eigenvalue weighted by Gasteiger charge is -2.35. The highest BCUT2D eigenvalue weighted by Gasteiger charge is 2.31. The molecule has 240 valence electrons. The molecule has 46 heavy (non-hydrogen) atoms. The van der Waals surface area contributed by atoms with Crippen LogP contribution in [0.3, 0.4) is 0 Å². The largest absolute Gasteiger partial charge is 0.465 e. The number of nitrogens with one attached hydrogen (secondary N) is 1. The van der Waals surface area contributed by atoms with Gasteiger partial charge in [-0.25, -0.2) is 14.2 Å². The molecule has 4 aromatic rings. The highest BCUT2D eigenvalue weighted by molar-refractivity contribution is 5.86. The smallest absolute Gasteiger partial charge is 0.404 e. The van der Waals surface area contributed by atoms with Gasteiger partial charge in [0.25, 0.3) is 0 Å². The van der Waals surface area contributed by atoms with Crippen molar-refractivity contribution >= 4 is 28.7 Å². The quantitative estimate of drug-likeness (QED) is 0.183. The second-order valence-electron chi connectivity index (χ2n) is 11.8. The van der Waals surface area contributed by atoms with Crippen LogP contribution >= 0.6 is 0 Å². The summed E-state index contributed by atoms with van der Waals surface area (Å²) in [4.78, 5) is 31.3. The molecule has 0 spiro atoms. The summed E-state index contributed by atoms with van der Waals surface area (Å²) in [6.45, 7) is 4.26. The van der Waals surface area contributed by atoms with E-state index in [1.807, 2.05) is 48.2 Å². The number of ether oxygens (including phenoxy) is 1. The summed E-state index contributed by atoms with van der Waals surface area (Å²) >= 11 is 0. The second kappa shape index (κ2) is 14.4. The predicted octanol–water partition coefficient (Wildman–Crippen LogP) is 5.62. The van der Waals surface area contributed by atoms with Crippen LogP contribution in [0.1, 0.15) is 54.0 Å².